The number of nitrogens with zero attached hydrogens (tertiary/aromatic N) is 2. The Balaban J connectivity index is 2.92. The lowest BCUT2D eigenvalue weighted by Crippen LogP contribution is -1.98. The molecular formula is C9H15N3S2. The fraction of sp³-hybridized carbons (Fsp3) is 0.556. The number of thioether (sulfide) groups is 2. The maximum atomic E-state index is 4.41. The number of aromatic nitrogens is 2. The molecule has 0 fully saturated rings. The van der Waals surface area contributed by atoms with Gasteiger partial charge in [0.05, 0.1) is 0 Å². The third-order valence-corrected chi connectivity index (χ3v) is 2.95. The first-order valence-corrected chi connectivity index (χ1v) is 6.53. The second kappa shape index (κ2) is 5.46. The standard InChI is InChI=1S/C9H15N3S2/c1-6(2)14-8-5-7(10-3)11-9(12-8)13-4/h5-6H,1-4H3,(H,10,11,12). The van der Waals surface area contributed by atoms with Crippen molar-refractivity contribution in [3.63, 3.8) is 0 Å². The van der Waals surface area contributed by atoms with Crippen LogP contribution in [0.1, 0.15) is 13.8 Å². The molecule has 0 atom stereocenters. The van der Waals surface area contributed by atoms with Crippen LogP contribution in [0.25, 0.3) is 0 Å². The van der Waals surface area contributed by atoms with Gasteiger partial charge in [0.15, 0.2) is 5.16 Å². The quantitative estimate of drug-likeness (QED) is 0.488. The van der Waals surface area contributed by atoms with Crippen molar-refractivity contribution in [2.24, 2.45) is 0 Å². The van der Waals surface area contributed by atoms with Gasteiger partial charge in [0.25, 0.3) is 0 Å². The van der Waals surface area contributed by atoms with Crippen molar-refractivity contribution in [2.45, 2.75) is 29.3 Å². The number of hydrogen-bond donors (Lipinski definition) is 1. The Morgan fingerprint density at radius 1 is 1.36 bits per heavy atom. The molecule has 0 unspecified atom stereocenters. The molecule has 0 spiro atoms. The number of hydrogen-bond acceptors (Lipinski definition) is 5. The molecule has 0 aliphatic heterocycles. The first-order valence-electron chi connectivity index (χ1n) is 4.43. The molecule has 0 saturated carbocycles. The molecule has 3 nitrogen and oxygen atoms in total. The van der Waals surface area contributed by atoms with Gasteiger partial charge in [-0.05, 0) is 6.26 Å². The minimum Gasteiger partial charge on any atom is -0.373 e. The van der Waals surface area contributed by atoms with E-state index in [0.29, 0.717) is 5.25 Å². The van der Waals surface area contributed by atoms with Gasteiger partial charge in [0, 0.05) is 18.4 Å². The van der Waals surface area contributed by atoms with E-state index < -0.39 is 0 Å². The summed E-state index contributed by atoms with van der Waals surface area (Å²) in [4.78, 5) is 8.72. The molecule has 0 aromatic carbocycles. The Bertz CT molecular complexity index is 280. The maximum Gasteiger partial charge on any atom is 0.190 e. The van der Waals surface area contributed by atoms with E-state index in [-0.39, 0.29) is 0 Å². The molecule has 0 bridgehead atoms. The van der Waals surface area contributed by atoms with Crippen molar-refractivity contribution >= 4 is 29.3 Å². The van der Waals surface area contributed by atoms with Crippen LogP contribution in [0.5, 0.6) is 0 Å². The lowest BCUT2D eigenvalue weighted by molar-refractivity contribution is 0.893. The van der Waals surface area contributed by atoms with E-state index in [2.05, 4.69) is 29.1 Å². The lowest BCUT2D eigenvalue weighted by Gasteiger charge is -2.07. The molecule has 5 heteroatoms. The van der Waals surface area contributed by atoms with Gasteiger partial charge in [-0.15, -0.1) is 11.8 Å². The SMILES string of the molecule is CNc1cc(SC(C)C)nc(SC)n1. The highest BCUT2D eigenvalue weighted by Crippen LogP contribution is 2.24. The molecule has 1 aromatic rings. The van der Waals surface area contributed by atoms with Gasteiger partial charge >= 0.3 is 0 Å². The zero-order chi connectivity index (χ0) is 10.6. The van der Waals surface area contributed by atoms with Gasteiger partial charge in [-0.3, -0.25) is 0 Å². The zero-order valence-electron chi connectivity index (χ0n) is 8.87. The molecule has 0 radical (unpaired) electrons. The van der Waals surface area contributed by atoms with Crippen molar-refractivity contribution in [3.05, 3.63) is 6.07 Å². The first kappa shape index (κ1) is 11.7. The maximum absolute atomic E-state index is 4.41. The summed E-state index contributed by atoms with van der Waals surface area (Å²) in [5.74, 6) is 0.882. The highest BCUT2D eigenvalue weighted by atomic mass is 32.2. The van der Waals surface area contributed by atoms with Crippen molar-refractivity contribution in [1.82, 2.24) is 9.97 Å². The molecule has 1 aromatic heterocycles. The highest BCUT2D eigenvalue weighted by molar-refractivity contribution is 8.00. The van der Waals surface area contributed by atoms with E-state index in [9.17, 15) is 0 Å². The Labute approximate surface area is 93.5 Å². The Hall–Kier alpha value is -0.420. The van der Waals surface area contributed by atoms with Crippen LogP contribution in [-0.2, 0) is 0 Å². The van der Waals surface area contributed by atoms with Crippen LogP contribution in [0.4, 0.5) is 5.82 Å². The van der Waals surface area contributed by atoms with E-state index in [1.807, 2.05) is 19.4 Å². The molecule has 0 saturated heterocycles. The van der Waals surface area contributed by atoms with Gasteiger partial charge < -0.3 is 5.32 Å². The minimum atomic E-state index is 0.546. The second-order valence-electron chi connectivity index (χ2n) is 2.99. The van der Waals surface area contributed by atoms with Crippen LogP contribution >= 0.6 is 23.5 Å². The third kappa shape index (κ3) is 3.38. The summed E-state index contributed by atoms with van der Waals surface area (Å²) in [6.45, 7) is 4.31. The summed E-state index contributed by atoms with van der Waals surface area (Å²) in [5, 5.41) is 5.43. The summed E-state index contributed by atoms with van der Waals surface area (Å²) in [7, 11) is 1.87. The Morgan fingerprint density at radius 2 is 2.07 bits per heavy atom. The molecular weight excluding hydrogens is 214 g/mol. The van der Waals surface area contributed by atoms with Gasteiger partial charge in [-0.1, -0.05) is 25.6 Å². The average molecular weight is 229 g/mol. The van der Waals surface area contributed by atoms with Crippen molar-refractivity contribution in [1.29, 1.82) is 0 Å². The van der Waals surface area contributed by atoms with E-state index >= 15 is 0 Å². The van der Waals surface area contributed by atoms with Crippen molar-refractivity contribution < 1.29 is 0 Å². The van der Waals surface area contributed by atoms with Crippen molar-refractivity contribution in [3.8, 4) is 0 Å². The molecule has 14 heavy (non-hydrogen) atoms. The van der Waals surface area contributed by atoms with Crippen molar-refractivity contribution in [2.75, 3.05) is 18.6 Å². The van der Waals surface area contributed by atoms with E-state index in [4.69, 9.17) is 0 Å². The van der Waals surface area contributed by atoms with Crippen LogP contribution in [0.15, 0.2) is 16.2 Å². The second-order valence-corrected chi connectivity index (χ2v) is 5.36. The summed E-state index contributed by atoms with van der Waals surface area (Å²) < 4.78 is 0. The fourth-order valence-electron chi connectivity index (χ4n) is 0.925. The topological polar surface area (TPSA) is 37.8 Å². The minimum absolute atomic E-state index is 0.546. The lowest BCUT2D eigenvalue weighted by atomic mass is 10.6. The fourth-order valence-corrected chi connectivity index (χ4v) is 2.16. The van der Waals surface area contributed by atoms with E-state index in [1.165, 1.54) is 0 Å². The van der Waals surface area contributed by atoms with Crippen LogP contribution < -0.4 is 5.32 Å². The average Bonchev–Trinajstić information content (AvgIpc) is 2.16. The summed E-state index contributed by atoms with van der Waals surface area (Å²) in [5.41, 5.74) is 0. The van der Waals surface area contributed by atoms with Crippen LogP contribution in [0.3, 0.4) is 0 Å². The van der Waals surface area contributed by atoms with Crippen LogP contribution in [0.2, 0.25) is 0 Å². The number of nitrogens with one attached hydrogen (secondary N) is 1. The van der Waals surface area contributed by atoms with Crippen LogP contribution in [-0.4, -0.2) is 28.5 Å². The molecule has 0 aliphatic carbocycles. The summed E-state index contributed by atoms with van der Waals surface area (Å²) in [6, 6.07) is 1.98. The summed E-state index contributed by atoms with van der Waals surface area (Å²) in [6.07, 6.45) is 1.98. The van der Waals surface area contributed by atoms with Gasteiger partial charge in [-0.25, -0.2) is 9.97 Å². The molecule has 1 N–H and O–H groups in total. The monoisotopic (exact) mass is 229 g/mol. The zero-order valence-corrected chi connectivity index (χ0v) is 10.5. The Morgan fingerprint density at radius 3 is 2.57 bits per heavy atom. The predicted octanol–water partition coefficient (Wildman–Crippen LogP) is 2.74. The summed E-state index contributed by atoms with van der Waals surface area (Å²) >= 11 is 3.32. The van der Waals surface area contributed by atoms with Gasteiger partial charge in [0.2, 0.25) is 0 Å². The molecule has 78 valence electrons. The third-order valence-electron chi connectivity index (χ3n) is 1.48. The number of rotatable bonds is 4. The van der Waals surface area contributed by atoms with E-state index in [1.54, 1.807) is 23.5 Å². The largest absolute Gasteiger partial charge is 0.373 e. The first-order chi connectivity index (χ1) is 6.65. The molecule has 1 heterocycles. The normalized spacial score (nSPS) is 10.6. The molecule has 0 aliphatic rings. The van der Waals surface area contributed by atoms with E-state index in [0.717, 1.165) is 16.0 Å². The molecule has 1 rings (SSSR count). The predicted molar refractivity (Wildman–Crippen MR) is 64.4 cm³/mol. The van der Waals surface area contributed by atoms with Gasteiger partial charge in [-0.2, -0.15) is 0 Å². The number of anilines is 1. The van der Waals surface area contributed by atoms with Gasteiger partial charge in [0.1, 0.15) is 10.8 Å². The highest BCUT2D eigenvalue weighted by Gasteiger charge is 2.05. The molecule has 0 amide bonds. The van der Waals surface area contributed by atoms with Crippen LogP contribution in [0, 0.1) is 0 Å². The smallest absolute Gasteiger partial charge is 0.190 e. The Kier molecular flexibility index (Phi) is 4.54.